The molecule has 0 aliphatic heterocycles. The molecule has 2 fully saturated rings. The van der Waals surface area contributed by atoms with Crippen molar-refractivity contribution in [1.82, 2.24) is 0 Å². The third kappa shape index (κ3) is 1.57. The van der Waals surface area contributed by atoms with Gasteiger partial charge >= 0.3 is 0 Å². The first-order chi connectivity index (χ1) is 9.59. The second kappa shape index (κ2) is 4.16. The quantitative estimate of drug-likeness (QED) is 0.690. The third-order valence-electron chi connectivity index (χ3n) is 6.40. The topological polar surface area (TPSA) is 17.1 Å². The summed E-state index contributed by atoms with van der Waals surface area (Å²) in [4.78, 5) is 12.2. The molecule has 1 nitrogen and oxygen atoms in total. The van der Waals surface area contributed by atoms with Crippen molar-refractivity contribution in [3.8, 4) is 0 Å². The molecule has 4 atom stereocenters. The highest BCUT2D eigenvalue weighted by Gasteiger charge is 2.54. The molecule has 3 aliphatic rings. The van der Waals surface area contributed by atoms with Gasteiger partial charge in [0.1, 0.15) is 11.6 Å². The molecule has 0 saturated heterocycles. The molecule has 0 spiro atoms. The molecule has 4 rings (SSSR count). The summed E-state index contributed by atoms with van der Waals surface area (Å²) in [6.07, 6.45) is 6.10. The van der Waals surface area contributed by atoms with Gasteiger partial charge in [0.15, 0.2) is 0 Å². The van der Waals surface area contributed by atoms with Crippen molar-refractivity contribution in [1.29, 1.82) is 0 Å². The maximum atomic E-state index is 13.6. The van der Waals surface area contributed by atoms with Crippen LogP contribution in [0.4, 0.5) is 4.39 Å². The highest BCUT2D eigenvalue weighted by Crippen LogP contribution is 2.59. The van der Waals surface area contributed by atoms with Crippen molar-refractivity contribution in [2.24, 2.45) is 17.3 Å². The van der Waals surface area contributed by atoms with Crippen LogP contribution in [0, 0.1) is 23.1 Å². The summed E-state index contributed by atoms with van der Waals surface area (Å²) in [5, 5.41) is 0. The maximum Gasteiger partial charge on any atom is 0.139 e. The summed E-state index contributed by atoms with van der Waals surface area (Å²) in [5.74, 6) is 1.98. The number of benzene rings is 1. The first kappa shape index (κ1) is 12.6. The lowest BCUT2D eigenvalue weighted by Gasteiger charge is -2.48. The maximum absolute atomic E-state index is 13.6. The lowest BCUT2D eigenvalue weighted by atomic mass is 9.55. The van der Waals surface area contributed by atoms with E-state index in [1.807, 2.05) is 6.07 Å². The van der Waals surface area contributed by atoms with Gasteiger partial charge in [-0.3, -0.25) is 4.79 Å². The molecule has 20 heavy (non-hydrogen) atoms. The number of fused-ring (bicyclic) bond motifs is 5. The standard InChI is InChI=1S/C18H21FO/c1-18-9-8-13-14(16(18)6-7-17(18)20)5-3-11-2-4-12(19)10-15(11)13/h2,4,10,13-14,16H,3,5-9H2,1H3/t13-,14+,16-,18-/m0/s1. The molecule has 0 unspecified atom stereocenters. The van der Waals surface area contributed by atoms with Gasteiger partial charge in [-0.1, -0.05) is 13.0 Å². The number of ketones is 1. The Morgan fingerprint density at radius 3 is 2.90 bits per heavy atom. The first-order valence-electron chi connectivity index (χ1n) is 7.91. The molecule has 0 heterocycles. The summed E-state index contributed by atoms with van der Waals surface area (Å²) < 4.78 is 13.6. The van der Waals surface area contributed by atoms with Gasteiger partial charge in [-0.05, 0) is 73.1 Å². The van der Waals surface area contributed by atoms with E-state index in [4.69, 9.17) is 0 Å². The van der Waals surface area contributed by atoms with Crippen molar-refractivity contribution >= 4 is 5.78 Å². The van der Waals surface area contributed by atoms with Crippen LogP contribution < -0.4 is 0 Å². The Morgan fingerprint density at radius 2 is 2.05 bits per heavy atom. The fourth-order valence-corrected chi connectivity index (χ4v) is 5.31. The van der Waals surface area contributed by atoms with Crippen LogP contribution in [0.3, 0.4) is 0 Å². The number of carbonyl (C=O) groups excluding carboxylic acids is 1. The number of Topliss-reactive ketones (excluding diaryl/α,β-unsaturated/α-hetero) is 1. The van der Waals surface area contributed by atoms with E-state index in [9.17, 15) is 9.18 Å². The molecule has 1 aromatic carbocycles. The van der Waals surface area contributed by atoms with Gasteiger partial charge in [-0.2, -0.15) is 0 Å². The fraction of sp³-hybridized carbons (Fsp3) is 0.611. The third-order valence-corrected chi connectivity index (χ3v) is 6.40. The van der Waals surface area contributed by atoms with Crippen LogP contribution in [0.25, 0.3) is 0 Å². The van der Waals surface area contributed by atoms with Crippen LogP contribution >= 0.6 is 0 Å². The van der Waals surface area contributed by atoms with Crippen molar-refractivity contribution in [3.05, 3.63) is 35.1 Å². The van der Waals surface area contributed by atoms with Crippen LogP contribution in [0.5, 0.6) is 0 Å². The van der Waals surface area contributed by atoms with Crippen LogP contribution in [0.1, 0.15) is 56.1 Å². The Bertz CT molecular complexity index is 579. The van der Waals surface area contributed by atoms with E-state index in [1.165, 1.54) is 17.5 Å². The van der Waals surface area contributed by atoms with Gasteiger partial charge in [-0.15, -0.1) is 0 Å². The van der Waals surface area contributed by atoms with Gasteiger partial charge in [0.2, 0.25) is 0 Å². The second-order valence-corrected chi connectivity index (χ2v) is 7.18. The lowest BCUT2D eigenvalue weighted by Crippen LogP contribution is -2.42. The predicted molar refractivity (Wildman–Crippen MR) is 76.0 cm³/mol. The van der Waals surface area contributed by atoms with Crippen LogP contribution in [0.2, 0.25) is 0 Å². The Hall–Kier alpha value is -1.18. The van der Waals surface area contributed by atoms with E-state index < -0.39 is 0 Å². The summed E-state index contributed by atoms with van der Waals surface area (Å²) >= 11 is 0. The van der Waals surface area contributed by atoms with Gasteiger partial charge in [0.05, 0.1) is 0 Å². The van der Waals surface area contributed by atoms with Crippen LogP contribution in [-0.2, 0) is 11.2 Å². The molecular weight excluding hydrogens is 251 g/mol. The number of aryl methyl sites for hydroxylation is 1. The largest absolute Gasteiger partial charge is 0.299 e. The molecule has 106 valence electrons. The zero-order valence-electron chi connectivity index (χ0n) is 12.0. The van der Waals surface area contributed by atoms with E-state index in [-0.39, 0.29) is 11.2 Å². The average molecular weight is 272 g/mol. The van der Waals surface area contributed by atoms with Crippen molar-refractivity contribution in [2.75, 3.05) is 0 Å². The molecule has 0 bridgehead atoms. The van der Waals surface area contributed by atoms with Gasteiger partial charge in [-0.25, -0.2) is 4.39 Å². The Labute approximate surface area is 119 Å². The molecule has 0 amide bonds. The minimum atomic E-state index is -0.111. The molecule has 0 radical (unpaired) electrons. The van der Waals surface area contributed by atoms with E-state index in [0.717, 1.165) is 32.1 Å². The summed E-state index contributed by atoms with van der Waals surface area (Å²) in [5.41, 5.74) is 2.50. The van der Waals surface area contributed by atoms with Crippen LogP contribution in [0.15, 0.2) is 18.2 Å². The van der Waals surface area contributed by atoms with E-state index in [0.29, 0.717) is 23.5 Å². The van der Waals surface area contributed by atoms with E-state index >= 15 is 0 Å². The number of hydrogen-bond acceptors (Lipinski definition) is 1. The van der Waals surface area contributed by atoms with Gasteiger partial charge in [0, 0.05) is 11.8 Å². The average Bonchev–Trinajstić information content (AvgIpc) is 2.74. The Morgan fingerprint density at radius 1 is 1.20 bits per heavy atom. The van der Waals surface area contributed by atoms with E-state index in [1.54, 1.807) is 12.1 Å². The molecule has 2 saturated carbocycles. The lowest BCUT2D eigenvalue weighted by molar-refractivity contribution is -0.129. The number of rotatable bonds is 0. The number of hydrogen-bond donors (Lipinski definition) is 0. The van der Waals surface area contributed by atoms with E-state index in [2.05, 4.69) is 6.92 Å². The fourth-order valence-electron chi connectivity index (χ4n) is 5.31. The molecule has 1 aromatic rings. The minimum absolute atomic E-state index is 0.0774. The number of carbonyl (C=O) groups is 1. The Kier molecular flexibility index (Phi) is 2.61. The summed E-state index contributed by atoms with van der Waals surface area (Å²) in [6, 6.07) is 5.31. The van der Waals surface area contributed by atoms with Crippen molar-refractivity contribution < 1.29 is 9.18 Å². The molecule has 3 aliphatic carbocycles. The van der Waals surface area contributed by atoms with Gasteiger partial charge < -0.3 is 0 Å². The Balaban J connectivity index is 1.74. The zero-order valence-corrected chi connectivity index (χ0v) is 12.0. The predicted octanol–water partition coefficient (Wildman–Crippen LogP) is 4.25. The second-order valence-electron chi connectivity index (χ2n) is 7.18. The summed E-state index contributed by atoms with van der Waals surface area (Å²) in [6.45, 7) is 2.18. The number of halogens is 1. The molecule has 0 aromatic heterocycles. The highest BCUT2D eigenvalue weighted by atomic mass is 19.1. The molecule has 0 N–H and O–H groups in total. The summed E-state index contributed by atoms with van der Waals surface area (Å²) in [7, 11) is 0. The van der Waals surface area contributed by atoms with Gasteiger partial charge in [0.25, 0.3) is 0 Å². The first-order valence-corrected chi connectivity index (χ1v) is 7.91. The van der Waals surface area contributed by atoms with Crippen molar-refractivity contribution in [2.45, 2.75) is 51.4 Å². The van der Waals surface area contributed by atoms with Crippen LogP contribution in [-0.4, -0.2) is 5.78 Å². The smallest absolute Gasteiger partial charge is 0.139 e. The normalized spacial score (nSPS) is 39.1. The SMILES string of the molecule is C[C@]12CC[C@@H]3c4cc(F)ccc4CC[C@H]3[C@@H]1CCC2=O. The minimum Gasteiger partial charge on any atom is -0.299 e. The highest BCUT2D eigenvalue weighted by molar-refractivity contribution is 5.87. The molecule has 2 heteroatoms. The monoisotopic (exact) mass is 272 g/mol. The van der Waals surface area contributed by atoms with Crippen molar-refractivity contribution in [3.63, 3.8) is 0 Å². The zero-order chi connectivity index (χ0) is 13.9. The molecular formula is C18H21FO.